The highest BCUT2D eigenvalue weighted by molar-refractivity contribution is 9.10. The highest BCUT2D eigenvalue weighted by Crippen LogP contribution is 2.29. The Hall–Kier alpha value is -2.21. The third-order valence-corrected chi connectivity index (χ3v) is 3.07. The van der Waals surface area contributed by atoms with Crippen LogP contribution < -0.4 is 10.1 Å². The zero-order chi connectivity index (χ0) is 14.7. The Morgan fingerprint density at radius 3 is 2.40 bits per heavy atom. The second-order valence-electron chi connectivity index (χ2n) is 4.04. The Kier molecular flexibility index (Phi) is 4.14. The molecule has 6 heteroatoms. The van der Waals surface area contributed by atoms with E-state index in [1.165, 1.54) is 19.2 Å². The third-order valence-electron chi connectivity index (χ3n) is 2.57. The maximum Gasteiger partial charge on any atom is 0.256 e. The largest absolute Gasteiger partial charge is 0.508 e. The monoisotopic (exact) mass is 337 g/mol. The first-order valence-corrected chi connectivity index (χ1v) is 6.47. The zero-order valence-electron chi connectivity index (χ0n) is 10.6. The van der Waals surface area contributed by atoms with Crippen LogP contribution in [-0.4, -0.2) is 23.2 Å². The van der Waals surface area contributed by atoms with Gasteiger partial charge in [0.05, 0.1) is 12.8 Å². The van der Waals surface area contributed by atoms with Crippen LogP contribution in [0.25, 0.3) is 0 Å². The highest BCUT2D eigenvalue weighted by atomic mass is 79.9. The van der Waals surface area contributed by atoms with Gasteiger partial charge in [0.25, 0.3) is 5.91 Å². The van der Waals surface area contributed by atoms with Crippen molar-refractivity contribution in [2.75, 3.05) is 12.4 Å². The second-order valence-corrected chi connectivity index (χ2v) is 4.95. The number of aromatic hydroxyl groups is 2. The third kappa shape index (κ3) is 3.21. The fourth-order valence-corrected chi connectivity index (χ4v) is 2.06. The van der Waals surface area contributed by atoms with Crippen molar-refractivity contribution in [3.05, 3.63) is 46.4 Å². The van der Waals surface area contributed by atoms with Gasteiger partial charge in [0.1, 0.15) is 17.2 Å². The number of hydrogen-bond acceptors (Lipinski definition) is 4. The molecule has 0 fully saturated rings. The summed E-state index contributed by atoms with van der Waals surface area (Å²) in [6.45, 7) is 0. The van der Waals surface area contributed by atoms with E-state index in [2.05, 4.69) is 21.2 Å². The van der Waals surface area contributed by atoms with Crippen molar-refractivity contribution in [3.63, 3.8) is 0 Å². The molecule has 2 rings (SSSR count). The first kappa shape index (κ1) is 14.2. The molecule has 0 saturated carbocycles. The molecule has 2 aromatic rings. The molecular formula is C14H12BrNO4. The summed E-state index contributed by atoms with van der Waals surface area (Å²) in [6.07, 6.45) is 0. The SMILES string of the molecule is COc1ccc(Br)cc1NC(=O)c1cc(O)cc(O)c1. The molecule has 0 unspecified atom stereocenters. The summed E-state index contributed by atoms with van der Waals surface area (Å²) >= 11 is 3.31. The van der Waals surface area contributed by atoms with Gasteiger partial charge >= 0.3 is 0 Å². The normalized spacial score (nSPS) is 10.1. The molecule has 0 aromatic heterocycles. The van der Waals surface area contributed by atoms with Crippen molar-refractivity contribution in [1.29, 1.82) is 0 Å². The van der Waals surface area contributed by atoms with Crippen LogP contribution in [0.5, 0.6) is 17.2 Å². The van der Waals surface area contributed by atoms with E-state index in [0.717, 1.165) is 10.5 Å². The van der Waals surface area contributed by atoms with Crippen LogP contribution >= 0.6 is 15.9 Å². The van der Waals surface area contributed by atoms with Gasteiger partial charge in [-0.1, -0.05) is 15.9 Å². The van der Waals surface area contributed by atoms with Gasteiger partial charge in [0.2, 0.25) is 0 Å². The number of amides is 1. The topological polar surface area (TPSA) is 78.8 Å². The van der Waals surface area contributed by atoms with Gasteiger partial charge in [-0.05, 0) is 30.3 Å². The molecule has 5 nitrogen and oxygen atoms in total. The lowest BCUT2D eigenvalue weighted by molar-refractivity contribution is 0.102. The van der Waals surface area contributed by atoms with Gasteiger partial charge in [0, 0.05) is 16.1 Å². The predicted octanol–water partition coefficient (Wildman–Crippen LogP) is 3.12. The summed E-state index contributed by atoms with van der Waals surface area (Å²) < 4.78 is 5.93. The number of benzene rings is 2. The molecule has 20 heavy (non-hydrogen) atoms. The van der Waals surface area contributed by atoms with Crippen LogP contribution in [0.15, 0.2) is 40.9 Å². The number of hydrogen-bond donors (Lipinski definition) is 3. The molecule has 0 atom stereocenters. The molecule has 0 saturated heterocycles. The first-order valence-electron chi connectivity index (χ1n) is 5.67. The van der Waals surface area contributed by atoms with Crippen LogP contribution in [0.2, 0.25) is 0 Å². The quantitative estimate of drug-likeness (QED) is 0.803. The van der Waals surface area contributed by atoms with Gasteiger partial charge in [0.15, 0.2) is 0 Å². The molecular weight excluding hydrogens is 326 g/mol. The van der Waals surface area contributed by atoms with Gasteiger partial charge < -0.3 is 20.3 Å². The Labute approximate surface area is 123 Å². The number of carbonyl (C=O) groups is 1. The minimum Gasteiger partial charge on any atom is -0.508 e. The lowest BCUT2D eigenvalue weighted by Gasteiger charge is -2.11. The van der Waals surface area contributed by atoms with Gasteiger partial charge in [-0.15, -0.1) is 0 Å². The predicted molar refractivity (Wildman–Crippen MR) is 78.4 cm³/mol. The summed E-state index contributed by atoms with van der Waals surface area (Å²) in [4.78, 5) is 12.1. The summed E-state index contributed by atoms with van der Waals surface area (Å²) in [5.74, 6) is -0.328. The van der Waals surface area contributed by atoms with E-state index >= 15 is 0 Å². The number of ether oxygens (including phenoxy) is 1. The van der Waals surface area contributed by atoms with E-state index in [1.54, 1.807) is 18.2 Å². The van der Waals surface area contributed by atoms with Crippen LogP contribution in [0.3, 0.4) is 0 Å². The Bertz CT molecular complexity index is 637. The average Bonchev–Trinajstić information content (AvgIpc) is 2.37. The maximum absolute atomic E-state index is 12.1. The highest BCUT2D eigenvalue weighted by Gasteiger charge is 2.12. The van der Waals surface area contributed by atoms with E-state index in [4.69, 9.17) is 4.74 Å². The maximum atomic E-state index is 12.1. The molecule has 1 amide bonds. The van der Waals surface area contributed by atoms with Crippen molar-refractivity contribution < 1.29 is 19.7 Å². The fraction of sp³-hybridized carbons (Fsp3) is 0.0714. The van der Waals surface area contributed by atoms with Gasteiger partial charge in [-0.3, -0.25) is 4.79 Å². The van der Waals surface area contributed by atoms with Crippen LogP contribution in [0.1, 0.15) is 10.4 Å². The molecule has 0 aliphatic carbocycles. The van der Waals surface area contributed by atoms with E-state index in [-0.39, 0.29) is 17.1 Å². The molecule has 0 bridgehead atoms. The average molecular weight is 338 g/mol. The number of phenolic OH excluding ortho intramolecular Hbond substituents is 2. The Morgan fingerprint density at radius 2 is 1.80 bits per heavy atom. The number of anilines is 1. The van der Waals surface area contributed by atoms with E-state index < -0.39 is 5.91 Å². The minimum atomic E-state index is -0.465. The number of phenols is 2. The lowest BCUT2D eigenvalue weighted by atomic mass is 10.2. The molecule has 0 aliphatic rings. The van der Waals surface area contributed by atoms with Crippen molar-refractivity contribution in [2.45, 2.75) is 0 Å². The summed E-state index contributed by atoms with van der Waals surface area (Å²) in [6, 6.07) is 8.86. The van der Waals surface area contributed by atoms with Gasteiger partial charge in [-0.2, -0.15) is 0 Å². The summed E-state index contributed by atoms with van der Waals surface area (Å²) in [5, 5.41) is 21.4. The molecule has 2 aromatic carbocycles. The standard InChI is InChI=1S/C14H12BrNO4/c1-20-13-3-2-9(15)6-12(13)16-14(19)8-4-10(17)7-11(18)5-8/h2-7,17-18H,1H3,(H,16,19). The van der Waals surface area contributed by atoms with E-state index in [1.807, 2.05) is 0 Å². The fourth-order valence-electron chi connectivity index (χ4n) is 1.70. The van der Waals surface area contributed by atoms with E-state index in [0.29, 0.717) is 11.4 Å². The molecule has 0 heterocycles. The first-order chi connectivity index (χ1) is 9.49. The molecule has 104 valence electrons. The molecule has 0 spiro atoms. The van der Waals surface area contributed by atoms with Crippen molar-refractivity contribution in [2.24, 2.45) is 0 Å². The van der Waals surface area contributed by atoms with Crippen molar-refractivity contribution >= 4 is 27.5 Å². The second kappa shape index (κ2) is 5.83. The van der Waals surface area contributed by atoms with Crippen LogP contribution in [-0.2, 0) is 0 Å². The summed E-state index contributed by atoms with van der Waals surface area (Å²) in [7, 11) is 1.50. The number of methoxy groups -OCH3 is 1. The number of rotatable bonds is 3. The number of nitrogens with one attached hydrogen (secondary N) is 1. The Morgan fingerprint density at radius 1 is 1.15 bits per heavy atom. The lowest BCUT2D eigenvalue weighted by Crippen LogP contribution is -2.12. The zero-order valence-corrected chi connectivity index (χ0v) is 12.1. The molecule has 0 aliphatic heterocycles. The number of carbonyl (C=O) groups excluding carboxylic acids is 1. The van der Waals surface area contributed by atoms with Gasteiger partial charge in [-0.25, -0.2) is 0 Å². The van der Waals surface area contributed by atoms with Crippen molar-refractivity contribution in [3.8, 4) is 17.2 Å². The van der Waals surface area contributed by atoms with Crippen LogP contribution in [0, 0.1) is 0 Å². The van der Waals surface area contributed by atoms with Crippen LogP contribution in [0.4, 0.5) is 5.69 Å². The van der Waals surface area contributed by atoms with Crippen molar-refractivity contribution in [1.82, 2.24) is 0 Å². The molecule has 3 N–H and O–H groups in total. The van der Waals surface area contributed by atoms with E-state index in [9.17, 15) is 15.0 Å². The molecule has 0 radical (unpaired) electrons. The summed E-state index contributed by atoms with van der Waals surface area (Å²) in [5.41, 5.74) is 0.624. The minimum absolute atomic E-state index is 0.143. The Balaban J connectivity index is 2.29. The smallest absolute Gasteiger partial charge is 0.256 e. The number of halogens is 1.